The average Bonchev–Trinajstić information content (AvgIpc) is 3.44. The lowest BCUT2D eigenvalue weighted by Gasteiger charge is -2.20. The minimum absolute atomic E-state index is 0.0156. The third-order valence-electron chi connectivity index (χ3n) is 6.51. The van der Waals surface area contributed by atoms with Crippen molar-refractivity contribution in [3.63, 3.8) is 0 Å². The molecule has 0 spiro atoms. The largest absolute Gasteiger partial charge is 0.493 e. The molecule has 1 unspecified atom stereocenters. The lowest BCUT2D eigenvalue weighted by atomic mass is 10.1. The predicted octanol–water partition coefficient (Wildman–Crippen LogP) is 5.73. The highest BCUT2D eigenvalue weighted by atomic mass is 16.5. The molecule has 2 heterocycles. The minimum atomic E-state index is 0.0156. The molecule has 6 nitrogen and oxygen atoms in total. The summed E-state index contributed by atoms with van der Waals surface area (Å²) in [5, 5.41) is 0. The Balaban J connectivity index is 1.36. The maximum atomic E-state index is 13.1. The van der Waals surface area contributed by atoms with Gasteiger partial charge in [-0.15, -0.1) is 0 Å². The van der Waals surface area contributed by atoms with E-state index in [-0.39, 0.29) is 11.8 Å². The second-order valence-corrected chi connectivity index (χ2v) is 8.88. The Labute approximate surface area is 206 Å². The normalized spacial score (nSPS) is 15.7. The van der Waals surface area contributed by atoms with Crippen molar-refractivity contribution in [3.8, 4) is 11.5 Å². The number of hydrogen-bond acceptors (Lipinski definition) is 4. The number of amides is 1. The van der Waals surface area contributed by atoms with E-state index in [4.69, 9.17) is 14.5 Å². The van der Waals surface area contributed by atoms with E-state index in [1.54, 1.807) is 0 Å². The van der Waals surface area contributed by atoms with Crippen LogP contribution in [-0.4, -0.2) is 35.2 Å². The first-order valence-corrected chi connectivity index (χ1v) is 12.3. The molecule has 0 bridgehead atoms. The summed E-state index contributed by atoms with van der Waals surface area (Å²) in [6.07, 6.45) is 1.28. The number of carbonyl (C=O) groups excluding carboxylic acids is 1. The Morgan fingerprint density at radius 1 is 0.943 bits per heavy atom. The summed E-state index contributed by atoms with van der Waals surface area (Å²) in [6.45, 7) is 6.56. The number of aromatic nitrogens is 2. The van der Waals surface area contributed by atoms with Crippen LogP contribution in [0.25, 0.3) is 11.0 Å². The zero-order chi connectivity index (χ0) is 24.2. The molecule has 1 aliphatic heterocycles. The number of aryl methyl sites for hydroxylation is 2. The molecule has 1 saturated heterocycles. The second kappa shape index (κ2) is 10.2. The van der Waals surface area contributed by atoms with Crippen LogP contribution in [0.4, 0.5) is 5.69 Å². The number of nitrogens with zero attached hydrogens (tertiary/aromatic N) is 3. The van der Waals surface area contributed by atoms with Crippen LogP contribution in [-0.2, 0) is 11.3 Å². The fourth-order valence-electron chi connectivity index (χ4n) is 4.84. The van der Waals surface area contributed by atoms with Gasteiger partial charge in [0.25, 0.3) is 0 Å². The van der Waals surface area contributed by atoms with Gasteiger partial charge in [0.15, 0.2) is 0 Å². The molecule has 35 heavy (non-hydrogen) atoms. The van der Waals surface area contributed by atoms with E-state index in [9.17, 15) is 4.79 Å². The summed E-state index contributed by atoms with van der Waals surface area (Å²) in [6, 6.07) is 24.0. The van der Waals surface area contributed by atoms with Crippen LogP contribution >= 0.6 is 0 Å². The average molecular weight is 470 g/mol. The Kier molecular flexibility index (Phi) is 6.70. The molecule has 0 N–H and O–H groups in total. The topological polar surface area (TPSA) is 56.6 Å². The third-order valence-corrected chi connectivity index (χ3v) is 6.51. The highest BCUT2D eigenvalue weighted by Gasteiger charge is 2.35. The molecule has 1 fully saturated rings. The van der Waals surface area contributed by atoms with Crippen molar-refractivity contribution in [3.05, 3.63) is 84.2 Å². The molecule has 5 rings (SSSR count). The number of para-hydroxylation sites is 5. The highest BCUT2D eigenvalue weighted by molar-refractivity contribution is 5.97. The van der Waals surface area contributed by atoms with Gasteiger partial charge in [-0.2, -0.15) is 0 Å². The monoisotopic (exact) mass is 469 g/mol. The molecule has 0 saturated carbocycles. The highest BCUT2D eigenvalue weighted by Crippen LogP contribution is 2.37. The maximum absolute atomic E-state index is 13.1. The van der Waals surface area contributed by atoms with Crippen LogP contribution < -0.4 is 14.4 Å². The number of ether oxygens (including phenoxy) is 2. The van der Waals surface area contributed by atoms with Crippen molar-refractivity contribution in [2.45, 2.75) is 39.2 Å². The Morgan fingerprint density at radius 3 is 2.51 bits per heavy atom. The van der Waals surface area contributed by atoms with E-state index in [1.807, 2.05) is 72.5 Å². The van der Waals surface area contributed by atoms with Gasteiger partial charge >= 0.3 is 0 Å². The third kappa shape index (κ3) is 4.74. The minimum Gasteiger partial charge on any atom is -0.493 e. The number of rotatable bonds is 9. The number of hydrogen-bond donors (Lipinski definition) is 0. The van der Waals surface area contributed by atoms with Crippen molar-refractivity contribution in [2.75, 3.05) is 24.7 Å². The molecule has 0 radical (unpaired) electrons. The van der Waals surface area contributed by atoms with Crippen molar-refractivity contribution < 1.29 is 14.3 Å². The first-order valence-electron chi connectivity index (χ1n) is 12.3. The summed E-state index contributed by atoms with van der Waals surface area (Å²) in [7, 11) is 0. The predicted molar refractivity (Wildman–Crippen MR) is 138 cm³/mol. The molecular formula is C29H31N3O3. The molecule has 1 aromatic heterocycles. The second-order valence-electron chi connectivity index (χ2n) is 8.88. The van der Waals surface area contributed by atoms with Crippen LogP contribution in [0.3, 0.4) is 0 Å². The van der Waals surface area contributed by atoms with Gasteiger partial charge in [0.05, 0.1) is 29.9 Å². The standard InChI is InChI=1S/C29H31N3O3/c1-3-34-27-16-9-7-14-25(27)32-20-22(19-28(32)33)29-30-23-12-5-6-13-24(23)31(29)17-10-18-35-26-15-8-4-11-21(26)2/h4-9,11-16,22H,3,10,17-20H2,1-2H3. The first kappa shape index (κ1) is 23.0. The smallest absolute Gasteiger partial charge is 0.227 e. The van der Waals surface area contributed by atoms with Crippen molar-refractivity contribution in [2.24, 2.45) is 0 Å². The van der Waals surface area contributed by atoms with Gasteiger partial charge in [0.2, 0.25) is 5.91 Å². The number of carbonyl (C=O) groups is 1. The molecule has 3 aromatic carbocycles. The van der Waals surface area contributed by atoms with Crippen molar-refractivity contribution in [1.82, 2.24) is 9.55 Å². The van der Waals surface area contributed by atoms with Gasteiger partial charge in [-0.25, -0.2) is 4.98 Å². The number of anilines is 1. The lowest BCUT2D eigenvalue weighted by Crippen LogP contribution is -2.25. The molecule has 0 aliphatic carbocycles. The SMILES string of the molecule is CCOc1ccccc1N1CC(c2nc3ccccc3n2CCCOc2ccccc2C)CC1=O. The number of benzene rings is 3. The van der Waals surface area contributed by atoms with E-state index < -0.39 is 0 Å². The van der Waals surface area contributed by atoms with E-state index >= 15 is 0 Å². The van der Waals surface area contributed by atoms with E-state index in [0.29, 0.717) is 26.2 Å². The van der Waals surface area contributed by atoms with Crippen LogP contribution in [0.2, 0.25) is 0 Å². The summed E-state index contributed by atoms with van der Waals surface area (Å²) in [5.74, 6) is 2.75. The summed E-state index contributed by atoms with van der Waals surface area (Å²) >= 11 is 0. The Morgan fingerprint density at radius 2 is 1.69 bits per heavy atom. The zero-order valence-corrected chi connectivity index (χ0v) is 20.3. The summed E-state index contributed by atoms with van der Waals surface area (Å²) < 4.78 is 14.1. The lowest BCUT2D eigenvalue weighted by molar-refractivity contribution is -0.117. The molecule has 1 aliphatic rings. The fourth-order valence-corrected chi connectivity index (χ4v) is 4.84. The van der Waals surface area contributed by atoms with Crippen LogP contribution in [0.5, 0.6) is 11.5 Å². The first-order chi connectivity index (χ1) is 17.2. The molecule has 4 aromatic rings. The van der Waals surface area contributed by atoms with Crippen molar-refractivity contribution in [1.29, 1.82) is 0 Å². The zero-order valence-electron chi connectivity index (χ0n) is 20.3. The number of imidazole rings is 1. The van der Waals surface area contributed by atoms with Gasteiger partial charge in [-0.1, -0.05) is 42.5 Å². The van der Waals surface area contributed by atoms with E-state index in [2.05, 4.69) is 23.6 Å². The molecule has 6 heteroatoms. The fraction of sp³-hybridized carbons (Fsp3) is 0.310. The molecule has 1 amide bonds. The Bertz CT molecular complexity index is 1330. The van der Waals surface area contributed by atoms with Gasteiger partial charge in [-0.3, -0.25) is 4.79 Å². The van der Waals surface area contributed by atoms with Gasteiger partial charge in [0, 0.05) is 25.4 Å². The summed E-state index contributed by atoms with van der Waals surface area (Å²) in [5.41, 5.74) is 4.02. The maximum Gasteiger partial charge on any atom is 0.227 e. The summed E-state index contributed by atoms with van der Waals surface area (Å²) in [4.78, 5) is 19.9. The molecule has 1 atom stereocenters. The van der Waals surface area contributed by atoms with E-state index in [0.717, 1.165) is 52.6 Å². The van der Waals surface area contributed by atoms with Gasteiger partial charge < -0.3 is 18.9 Å². The number of fused-ring (bicyclic) bond motifs is 1. The van der Waals surface area contributed by atoms with E-state index in [1.165, 1.54) is 0 Å². The quantitative estimate of drug-likeness (QED) is 0.294. The van der Waals surface area contributed by atoms with Gasteiger partial charge in [0.1, 0.15) is 17.3 Å². The van der Waals surface area contributed by atoms with Gasteiger partial charge in [-0.05, 0) is 56.2 Å². The Hall–Kier alpha value is -3.80. The van der Waals surface area contributed by atoms with Crippen molar-refractivity contribution >= 4 is 22.6 Å². The molecule has 180 valence electrons. The van der Waals surface area contributed by atoms with Crippen LogP contribution in [0.1, 0.15) is 37.1 Å². The van der Waals surface area contributed by atoms with Crippen LogP contribution in [0.15, 0.2) is 72.8 Å². The molecular weight excluding hydrogens is 438 g/mol. The van der Waals surface area contributed by atoms with Crippen LogP contribution in [0, 0.1) is 6.92 Å².